The van der Waals surface area contributed by atoms with Crippen LogP contribution >= 0.6 is 0 Å². The molecule has 350 valence electrons. The van der Waals surface area contributed by atoms with E-state index in [-0.39, 0.29) is 0 Å². The molecule has 0 aliphatic carbocycles. The monoisotopic (exact) mass is 1150 g/mol. The molecule has 3 rings (SSSR count). The van der Waals surface area contributed by atoms with Crippen LogP contribution in [0.1, 0.15) is 0 Å². The molecule has 0 aromatic rings. The topological polar surface area (TPSA) is 185 Å². The van der Waals surface area contributed by atoms with E-state index >= 15 is 0 Å². The first-order chi connectivity index (χ1) is 26.6. The summed E-state index contributed by atoms with van der Waals surface area (Å²) in [5, 5.41) is 0. The molecule has 6 unspecified atom stereocenters. The summed E-state index contributed by atoms with van der Waals surface area (Å²) in [4.78, 5) is 0. The van der Waals surface area contributed by atoms with Crippen LogP contribution in [0, 0.1) is 0 Å². The SMILES string of the molecule is C[SiH]1O[SiH](C)O[SiH](O[Si](C)(C)O[Si](C)(C)O[Si](C)(C)O[SiH]2O[SiH](C)O[Si](C)(O[Si](C)(C)O[Si](C)(C)O[Si](C)(C)O[SiH]3O[SiH](C)O[SiH](C)O[SiH](C)O3)O[SiH](C)O2)O[SiH](C)O1. The zero-order valence-electron chi connectivity index (χ0n) is 39.0. The normalized spacial score (nSPS) is 35.8. The van der Waals surface area contributed by atoms with Gasteiger partial charge in [-0.25, -0.2) is 0 Å². The molecule has 0 radical (unpaired) electrons. The smallest absolute Gasteiger partial charge is 0.420 e. The van der Waals surface area contributed by atoms with Crippen molar-refractivity contribution in [1.29, 1.82) is 0 Å². The summed E-state index contributed by atoms with van der Waals surface area (Å²) in [5.74, 6) is 0. The molecule has 3 heterocycles. The van der Waals surface area contributed by atoms with Crippen molar-refractivity contribution in [2.75, 3.05) is 0 Å². The minimum Gasteiger partial charge on any atom is -0.420 e. The molecule has 0 amide bonds. The molecule has 0 N–H and O–H groups in total. The lowest BCUT2D eigenvalue weighted by Crippen LogP contribution is -2.63. The molecule has 6 atom stereocenters. The summed E-state index contributed by atoms with van der Waals surface area (Å²) in [6.07, 6.45) is 0. The molecular formula is C21H74O20Si18. The van der Waals surface area contributed by atoms with Crippen LogP contribution in [-0.2, 0) is 82.3 Å². The van der Waals surface area contributed by atoms with Crippen LogP contribution < -0.4 is 0 Å². The number of hydrogen-bond acceptors (Lipinski definition) is 20. The predicted octanol–water partition coefficient (Wildman–Crippen LogP) is 1.09. The average Bonchev–Trinajstić information content (AvgIpc) is 2.89. The highest BCUT2D eigenvalue weighted by molar-refractivity contribution is 6.91. The minimum absolute atomic E-state index is 1.74. The number of hydrogen-bond donors (Lipinski definition) is 0. The number of rotatable bonds is 16. The van der Waals surface area contributed by atoms with E-state index in [4.69, 9.17) is 82.3 Å². The Morgan fingerprint density at radius 2 is 0.525 bits per heavy atom. The van der Waals surface area contributed by atoms with Crippen LogP contribution in [0.5, 0.6) is 0 Å². The van der Waals surface area contributed by atoms with Crippen LogP contribution in [0.25, 0.3) is 0 Å². The first-order valence-electron chi connectivity index (χ1n) is 20.1. The second-order valence-electron chi connectivity index (χ2n) is 17.1. The predicted molar refractivity (Wildman–Crippen MR) is 264 cm³/mol. The van der Waals surface area contributed by atoms with Gasteiger partial charge in [-0.05, 0) is 131 Å². The molecule has 0 aromatic carbocycles. The van der Waals surface area contributed by atoms with E-state index in [2.05, 4.69) is 0 Å². The second-order valence-corrected chi connectivity index (χ2v) is 66.1. The minimum atomic E-state index is -3.29. The van der Waals surface area contributed by atoms with Crippen LogP contribution in [-0.4, -0.2) is 163 Å². The van der Waals surface area contributed by atoms with Gasteiger partial charge in [0.15, 0.2) is 0 Å². The van der Waals surface area contributed by atoms with Crippen molar-refractivity contribution in [1.82, 2.24) is 0 Å². The molecule has 3 fully saturated rings. The zero-order chi connectivity index (χ0) is 45.0. The van der Waals surface area contributed by atoms with Crippen molar-refractivity contribution in [2.24, 2.45) is 0 Å². The molecule has 0 bridgehead atoms. The Morgan fingerprint density at radius 3 is 0.797 bits per heavy atom. The van der Waals surface area contributed by atoms with E-state index in [1.54, 1.807) is 0 Å². The van der Waals surface area contributed by atoms with E-state index < -0.39 is 163 Å². The summed E-state index contributed by atoms with van der Waals surface area (Å²) in [7, 11) is -44.0. The molecule has 0 spiro atoms. The Bertz CT molecular complexity index is 1270. The average molecular weight is 1150 g/mol. The van der Waals surface area contributed by atoms with E-state index in [1.807, 2.05) is 137 Å². The van der Waals surface area contributed by atoms with Crippen molar-refractivity contribution in [2.45, 2.75) is 137 Å². The molecule has 0 saturated carbocycles. The van der Waals surface area contributed by atoms with Crippen LogP contribution in [0.4, 0.5) is 0 Å². The van der Waals surface area contributed by atoms with Crippen molar-refractivity contribution in [3.8, 4) is 0 Å². The summed E-state index contributed by atoms with van der Waals surface area (Å²) in [5.41, 5.74) is 0. The van der Waals surface area contributed by atoms with Gasteiger partial charge < -0.3 is 82.3 Å². The van der Waals surface area contributed by atoms with Gasteiger partial charge >= 0.3 is 144 Å². The lowest BCUT2D eigenvalue weighted by atomic mass is 11.9. The quantitative estimate of drug-likeness (QED) is 0.200. The fourth-order valence-corrected chi connectivity index (χ4v) is 74.7. The van der Waals surface area contributed by atoms with E-state index in [9.17, 15) is 0 Å². The largest absolute Gasteiger partial charge is 0.470 e. The van der Waals surface area contributed by atoms with Gasteiger partial charge in [0.25, 0.3) is 18.6 Å². The van der Waals surface area contributed by atoms with Gasteiger partial charge in [-0.3, -0.25) is 0 Å². The summed E-state index contributed by atoms with van der Waals surface area (Å²) in [6, 6.07) is 0. The first-order valence-corrected chi connectivity index (χ1v) is 60.2. The Hall–Kier alpha value is 3.10. The third-order valence-corrected chi connectivity index (χ3v) is 68.8. The van der Waals surface area contributed by atoms with E-state index in [0.29, 0.717) is 0 Å². The molecule has 3 aliphatic rings. The third kappa shape index (κ3) is 22.2. The van der Waals surface area contributed by atoms with Crippen LogP contribution in [0.2, 0.25) is 137 Å². The van der Waals surface area contributed by atoms with Gasteiger partial charge in [0, 0.05) is 6.55 Å². The summed E-state index contributed by atoms with van der Waals surface area (Å²) in [6.45, 7) is 41.5. The Balaban J connectivity index is 1.57. The lowest BCUT2D eigenvalue weighted by molar-refractivity contribution is 0.167. The van der Waals surface area contributed by atoms with Gasteiger partial charge in [-0.2, -0.15) is 0 Å². The molecule has 3 saturated heterocycles. The zero-order valence-corrected chi connectivity index (χ0v) is 58.7. The van der Waals surface area contributed by atoms with E-state index in [1.165, 1.54) is 0 Å². The highest BCUT2D eigenvalue weighted by Crippen LogP contribution is 2.29. The van der Waals surface area contributed by atoms with Gasteiger partial charge in [0.05, 0.1) is 0 Å². The molecule has 59 heavy (non-hydrogen) atoms. The molecule has 38 heteroatoms. The van der Waals surface area contributed by atoms with Gasteiger partial charge in [0.1, 0.15) is 0 Å². The van der Waals surface area contributed by atoms with Crippen molar-refractivity contribution < 1.29 is 82.3 Å². The lowest BCUT2D eigenvalue weighted by Gasteiger charge is -2.43. The van der Waals surface area contributed by atoms with Gasteiger partial charge in [-0.1, -0.05) is 0 Å². The van der Waals surface area contributed by atoms with Crippen molar-refractivity contribution in [3.05, 3.63) is 0 Å². The van der Waals surface area contributed by atoms with E-state index in [0.717, 1.165) is 0 Å². The summed E-state index contributed by atoms with van der Waals surface area (Å²) >= 11 is 0. The maximum atomic E-state index is 6.76. The van der Waals surface area contributed by atoms with Crippen LogP contribution in [0.3, 0.4) is 0 Å². The third-order valence-electron chi connectivity index (χ3n) is 7.65. The fourth-order valence-electron chi connectivity index (χ4n) is 6.85. The standard InChI is InChI=1S/C21H74O20Si18/c1-42-22-44(3)26-50(27-45(4)23-42)34-53(9,10)37-56(15,16)38-55(13,14)36-52-30-48(7)32-59(21,33-49(8)31-52)41-58(19,20)40-57(17,18)39-54(11,12)35-51-28-46(5)24-43(2)25-47(6)29-51/h42-52H,1-21H3. The van der Waals surface area contributed by atoms with Gasteiger partial charge in [0.2, 0.25) is 0 Å². The summed E-state index contributed by atoms with van der Waals surface area (Å²) < 4.78 is 128. The Kier molecular flexibility index (Phi) is 21.9. The molecule has 20 nitrogen and oxygen atoms in total. The maximum Gasteiger partial charge on any atom is 0.470 e. The highest BCUT2D eigenvalue weighted by Gasteiger charge is 2.52. The fraction of sp³-hybridized carbons (Fsp3) is 1.00. The van der Waals surface area contributed by atoms with Crippen LogP contribution in [0.15, 0.2) is 0 Å². The molecule has 3 aliphatic heterocycles. The second kappa shape index (κ2) is 22.9. The van der Waals surface area contributed by atoms with Gasteiger partial charge in [-0.15, -0.1) is 0 Å². The molecular weight excluding hydrogens is 1080 g/mol. The highest BCUT2D eigenvalue weighted by atomic mass is 28.6. The maximum absolute atomic E-state index is 6.76. The first kappa shape index (κ1) is 56.4. The van der Waals surface area contributed by atoms with Crippen molar-refractivity contribution >= 4 is 163 Å². The Morgan fingerprint density at radius 1 is 0.305 bits per heavy atom. The Labute approximate surface area is 380 Å². The molecule has 0 aromatic heterocycles. The van der Waals surface area contributed by atoms with Crippen molar-refractivity contribution in [3.63, 3.8) is 0 Å².